The van der Waals surface area contributed by atoms with Crippen LogP contribution in [-0.4, -0.2) is 30.6 Å². The van der Waals surface area contributed by atoms with Crippen molar-refractivity contribution in [2.75, 3.05) is 13.7 Å². The molecule has 1 aromatic rings. The minimum atomic E-state index is -0.713. The molecular formula is C12H15NO5. The molecule has 1 aromatic heterocycles. The molecule has 6 heteroatoms. The van der Waals surface area contributed by atoms with Gasteiger partial charge >= 0.3 is 11.9 Å². The molecule has 1 heterocycles. The van der Waals surface area contributed by atoms with Crippen LogP contribution in [0.3, 0.4) is 0 Å². The van der Waals surface area contributed by atoms with Gasteiger partial charge in [0.05, 0.1) is 19.3 Å². The first-order valence-corrected chi connectivity index (χ1v) is 5.58. The number of aromatic amines is 1. The van der Waals surface area contributed by atoms with Gasteiger partial charge in [0.1, 0.15) is 5.69 Å². The summed E-state index contributed by atoms with van der Waals surface area (Å²) in [6, 6.07) is 2.32. The first kappa shape index (κ1) is 14.0. The molecule has 1 N–H and O–H groups in total. The average Bonchev–Trinajstić information content (AvgIpc) is 2.37. The standard InChI is InChI=1S/C12H15NO5/c1-3-4-5-18-11(15)8-6-9(12(16)17-2)13-10(14)7-8/h6-7H,3-5H2,1-2H3,(H,13,14). The molecule has 0 atom stereocenters. The largest absolute Gasteiger partial charge is 0.464 e. The normalized spacial score (nSPS) is 9.89. The maximum Gasteiger partial charge on any atom is 0.354 e. The number of aromatic nitrogens is 1. The zero-order chi connectivity index (χ0) is 13.5. The third-order valence-corrected chi connectivity index (χ3v) is 2.22. The highest BCUT2D eigenvalue weighted by Gasteiger charge is 2.13. The summed E-state index contributed by atoms with van der Waals surface area (Å²) >= 11 is 0. The molecule has 98 valence electrons. The second kappa shape index (κ2) is 6.58. The average molecular weight is 253 g/mol. The molecule has 0 saturated carbocycles. The lowest BCUT2D eigenvalue weighted by Gasteiger charge is -2.05. The second-order valence-corrected chi connectivity index (χ2v) is 3.63. The van der Waals surface area contributed by atoms with Crippen LogP contribution in [0.5, 0.6) is 0 Å². The van der Waals surface area contributed by atoms with Gasteiger partial charge in [0.25, 0.3) is 0 Å². The van der Waals surface area contributed by atoms with Gasteiger partial charge in [-0.2, -0.15) is 0 Å². The van der Waals surface area contributed by atoms with Crippen LogP contribution in [0.25, 0.3) is 0 Å². The summed E-state index contributed by atoms with van der Waals surface area (Å²) in [6.45, 7) is 2.26. The zero-order valence-electron chi connectivity index (χ0n) is 10.3. The first-order chi connectivity index (χ1) is 8.58. The van der Waals surface area contributed by atoms with E-state index in [4.69, 9.17) is 4.74 Å². The molecule has 1 rings (SSSR count). The highest BCUT2D eigenvalue weighted by Crippen LogP contribution is 2.03. The predicted octanol–water partition coefficient (Wildman–Crippen LogP) is 1.12. The molecule has 0 bridgehead atoms. The Kier molecular flexibility index (Phi) is 5.10. The molecule has 0 saturated heterocycles. The summed E-state index contributed by atoms with van der Waals surface area (Å²) in [6.07, 6.45) is 1.65. The number of carbonyl (C=O) groups excluding carboxylic acids is 2. The van der Waals surface area contributed by atoms with Crippen LogP contribution in [0.1, 0.15) is 40.6 Å². The molecule has 6 nitrogen and oxygen atoms in total. The monoisotopic (exact) mass is 253 g/mol. The number of unbranched alkanes of at least 4 members (excludes halogenated alkanes) is 1. The Morgan fingerprint density at radius 3 is 2.61 bits per heavy atom. The summed E-state index contributed by atoms with van der Waals surface area (Å²) in [5, 5.41) is 0. The Morgan fingerprint density at radius 1 is 1.28 bits per heavy atom. The van der Waals surface area contributed by atoms with Crippen LogP contribution in [0.15, 0.2) is 16.9 Å². The highest BCUT2D eigenvalue weighted by molar-refractivity contribution is 5.93. The Balaban J connectivity index is 2.89. The number of carbonyl (C=O) groups is 2. The maximum absolute atomic E-state index is 11.6. The lowest BCUT2D eigenvalue weighted by Crippen LogP contribution is -2.17. The van der Waals surface area contributed by atoms with Crippen molar-refractivity contribution >= 4 is 11.9 Å². The highest BCUT2D eigenvalue weighted by atomic mass is 16.5. The molecule has 0 aliphatic rings. The number of hydrogen-bond acceptors (Lipinski definition) is 5. The Labute approximate surface area is 104 Å². The van der Waals surface area contributed by atoms with Gasteiger partial charge in [0, 0.05) is 6.07 Å². The number of esters is 2. The minimum absolute atomic E-state index is 0.0373. The van der Waals surface area contributed by atoms with Crippen LogP contribution in [0, 0.1) is 0 Å². The van der Waals surface area contributed by atoms with Crippen LogP contribution in [0.4, 0.5) is 0 Å². The lowest BCUT2D eigenvalue weighted by molar-refractivity contribution is 0.0499. The van der Waals surface area contributed by atoms with Crippen molar-refractivity contribution < 1.29 is 19.1 Å². The van der Waals surface area contributed by atoms with Crippen molar-refractivity contribution in [1.29, 1.82) is 0 Å². The summed E-state index contributed by atoms with van der Waals surface area (Å²) in [7, 11) is 1.19. The number of methoxy groups -OCH3 is 1. The zero-order valence-corrected chi connectivity index (χ0v) is 10.3. The Bertz CT molecular complexity index is 491. The smallest absolute Gasteiger partial charge is 0.354 e. The number of rotatable bonds is 5. The van der Waals surface area contributed by atoms with Crippen LogP contribution < -0.4 is 5.56 Å². The first-order valence-electron chi connectivity index (χ1n) is 5.58. The third-order valence-electron chi connectivity index (χ3n) is 2.22. The van der Waals surface area contributed by atoms with E-state index < -0.39 is 17.5 Å². The van der Waals surface area contributed by atoms with Gasteiger partial charge in [0.2, 0.25) is 5.56 Å². The van der Waals surface area contributed by atoms with Crippen LogP contribution in [0.2, 0.25) is 0 Å². The van der Waals surface area contributed by atoms with Gasteiger partial charge in [-0.1, -0.05) is 13.3 Å². The third kappa shape index (κ3) is 3.73. The lowest BCUT2D eigenvalue weighted by atomic mass is 10.2. The fourth-order valence-electron chi connectivity index (χ4n) is 1.27. The fraction of sp³-hybridized carbons (Fsp3) is 0.417. The molecule has 0 fully saturated rings. The SMILES string of the molecule is CCCCOC(=O)c1cc(C(=O)OC)[nH]c(=O)c1. The molecule has 0 aromatic carbocycles. The number of H-pyrrole nitrogens is 1. The summed E-state index contributed by atoms with van der Waals surface area (Å²) in [4.78, 5) is 36.4. The van der Waals surface area contributed by atoms with Gasteiger partial charge in [-0.05, 0) is 12.5 Å². The number of nitrogens with one attached hydrogen (secondary N) is 1. The minimum Gasteiger partial charge on any atom is -0.464 e. The molecule has 18 heavy (non-hydrogen) atoms. The predicted molar refractivity (Wildman–Crippen MR) is 63.6 cm³/mol. The summed E-state index contributed by atoms with van der Waals surface area (Å²) < 4.78 is 9.41. The Morgan fingerprint density at radius 2 is 2.00 bits per heavy atom. The van der Waals surface area contributed by atoms with E-state index >= 15 is 0 Å². The molecule has 0 aliphatic carbocycles. The summed E-state index contributed by atoms with van der Waals surface area (Å²) in [5.74, 6) is -1.34. The van der Waals surface area contributed by atoms with Crippen LogP contribution in [-0.2, 0) is 9.47 Å². The summed E-state index contributed by atoms with van der Waals surface area (Å²) in [5.41, 5.74) is -0.594. The van der Waals surface area contributed by atoms with Crippen molar-refractivity contribution in [1.82, 2.24) is 4.98 Å². The van der Waals surface area contributed by atoms with Gasteiger partial charge in [0.15, 0.2) is 0 Å². The number of pyridine rings is 1. The molecular weight excluding hydrogens is 238 g/mol. The topological polar surface area (TPSA) is 85.5 Å². The van der Waals surface area contributed by atoms with Gasteiger partial charge < -0.3 is 14.5 Å². The molecule has 0 amide bonds. The van der Waals surface area contributed by atoms with Crippen molar-refractivity contribution in [2.24, 2.45) is 0 Å². The number of ether oxygens (including phenoxy) is 2. The second-order valence-electron chi connectivity index (χ2n) is 3.63. The molecule has 0 radical (unpaired) electrons. The van der Waals surface area contributed by atoms with Crippen LogP contribution >= 0.6 is 0 Å². The van der Waals surface area contributed by atoms with E-state index in [9.17, 15) is 14.4 Å². The van der Waals surface area contributed by atoms with Crippen molar-refractivity contribution in [3.63, 3.8) is 0 Å². The number of hydrogen-bond donors (Lipinski definition) is 1. The Hall–Kier alpha value is -2.11. The fourth-order valence-corrected chi connectivity index (χ4v) is 1.27. The van der Waals surface area contributed by atoms with Gasteiger partial charge in [-0.3, -0.25) is 4.79 Å². The van der Waals surface area contributed by atoms with E-state index in [1.807, 2.05) is 6.92 Å². The van der Waals surface area contributed by atoms with E-state index in [-0.39, 0.29) is 17.9 Å². The molecule has 0 unspecified atom stereocenters. The van der Waals surface area contributed by atoms with E-state index in [0.29, 0.717) is 0 Å². The van der Waals surface area contributed by atoms with Crippen molar-refractivity contribution in [2.45, 2.75) is 19.8 Å². The quantitative estimate of drug-likeness (QED) is 0.627. The van der Waals surface area contributed by atoms with Crippen molar-refractivity contribution in [3.05, 3.63) is 33.7 Å². The van der Waals surface area contributed by atoms with Gasteiger partial charge in [-0.25, -0.2) is 9.59 Å². The molecule has 0 spiro atoms. The van der Waals surface area contributed by atoms with E-state index in [2.05, 4.69) is 9.72 Å². The van der Waals surface area contributed by atoms with Gasteiger partial charge in [-0.15, -0.1) is 0 Å². The molecule has 0 aliphatic heterocycles. The van der Waals surface area contributed by atoms with E-state index in [1.165, 1.54) is 13.2 Å². The van der Waals surface area contributed by atoms with E-state index in [0.717, 1.165) is 18.9 Å². The maximum atomic E-state index is 11.6. The van der Waals surface area contributed by atoms with E-state index in [1.54, 1.807) is 0 Å². The van der Waals surface area contributed by atoms with Crippen molar-refractivity contribution in [3.8, 4) is 0 Å².